The third kappa shape index (κ3) is 2.09. The van der Waals surface area contributed by atoms with E-state index in [1.165, 1.54) is 0 Å². The van der Waals surface area contributed by atoms with Gasteiger partial charge in [0.1, 0.15) is 0 Å². The summed E-state index contributed by atoms with van der Waals surface area (Å²) in [6, 6.07) is 10.0. The van der Waals surface area contributed by atoms with Crippen LogP contribution in [0.5, 0.6) is 0 Å². The summed E-state index contributed by atoms with van der Waals surface area (Å²) in [6.45, 7) is 2.60. The molecule has 4 fully saturated rings. The van der Waals surface area contributed by atoms with Crippen LogP contribution in [0.1, 0.15) is 24.8 Å². The molecule has 1 aromatic rings. The number of nitrogens with zero attached hydrogens (tertiary/aromatic N) is 1. The first-order valence-corrected chi connectivity index (χ1v) is 7.97. The maximum atomic E-state index is 12.8. The van der Waals surface area contributed by atoms with Crippen LogP contribution in [0.2, 0.25) is 0 Å². The Hall–Kier alpha value is -1.65. The lowest BCUT2D eigenvalue weighted by Crippen LogP contribution is -2.55. The van der Waals surface area contributed by atoms with Crippen molar-refractivity contribution < 1.29 is 14.6 Å². The molecule has 1 aromatic carbocycles. The second kappa shape index (κ2) is 4.93. The van der Waals surface area contributed by atoms with Crippen molar-refractivity contribution in [3.8, 4) is 0 Å². The van der Waals surface area contributed by atoms with Crippen molar-refractivity contribution in [2.75, 3.05) is 26.3 Å². The zero-order valence-corrected chi connectivity index (χ0v) is 12.6. The number of carbonyl (C=O) groups is 1. The summed E-state index contributed by atoms with van der Waals surface area (Å²) in [5.74, 6) is 0.205. The molecule has 1 N–H and O–H groups in total. The molecule has 0 atom stereocenters. The Morgan fingerprint density at radius 2 is 1.86 bits per heavy atom. The van der Waals surface area contributed by atoms with Gasteiger partial charge in [-0.25, -0.2) is 0 Å². The number of hydrogen-bond acceptors (Lipinski definition) is 3. The highest BCUT2D eigenvalue weighted by Crippen LogP contribution is 2.65. The molecule has 0 radical (unpaired) electrons. The van der Waals surface area contributed by atoms with E-state index < -0.39 is 5.60 Å². The number of amides is 1. The SMILES string of the molecule is O=C(N1CCOCC1)C12C/C(=C\c3ccccc3)C(O)(C1)C2. The Balaban J connectivity index is 1.55. The first-order valence-electron chi connectivity index (χ1n) is 7.97. The average molecular weight is 299 g/mol. The van der Waals surface area contributed by atoms with Gasteiger partial charge in [0, 0.05) is 13.1 Å². The van der Waals surface area contributed by atoms with Gasteiger partial charge in [0.15, 0.2) is 0 Å². The second-order valence-corrected chi connectivity index (χ2v) is 6.83. The van der Waals surface area contributed by atoms with E-state index in [1.807, 2.05) is 35.2 Å². The van der Waals surface area contributed by atoms with Crippen molar-refractivity contribution in [1.29, 1.82) is 0 Å². The van der Waals surface area contributed by atoms with E-state index in [0.717, 1.165) is 11.1 Å². The Morgan fingerprint density at radius 1 is 1.18 bits per heavy atom. The van der Waals surface area contributed by atoms with Crippen LogP contribution in [0.3, 0.4) is 0 Å². The highest BCUT2D eigenvalue weighted by Gasteiger charge is 2.67. The molecule has 1 amide bonds. The van der Waals surface area contributed by atoms with Crippen LogP contribution < -0.4 is 0 Å². The zero-order valence-electron chi connectivity index (χ0n) is 12.6. The number of ether oxygens (including phenoxy) is 1. The summed E-state index contributed by atoms with van der Waals surface area (Å²) >= 11 is 0. The van der Waals surface area contributed by atoms with Gasteiger partial charge in [-0.2, -0.15) is 0 Å². The van der Waals surface area contributed by atoms with E-state index in [4.69, 9.17) is 4.74 Å². The molecular weight excluding hydrogens is 278 g/mol. The van der Waals surface area contributed by atoms with Crippen molar-refractivity contribution in [3.05, 3.63) is 41.5 Å². The summed E-state index contributed by atoms with van der Waals surface area (Å²) in [7, 11) is 0. The summed E-state index contributed by atoms with van der Waals surface area (Å²) in [5, 5.41) is 10.7. The predicted molar refractivity (Wildman–Crippen MR) is 83.1 cm³/mol. The van der Waals surface area contributed by atoms with Gasteiger partial charge in [0.2, 0.25) is 5.91 Å². The number of morpholine rings is 1. The van der Waals surface area contributed by atoms with E-state index in [0.29, 0.717) is 45.6 Å². The average Bonchev–Trinajstić information content (AvgIpc) is 2.96. The fourth-order valence-electron chi connectivity index (χ4n) is 4.21. The standard InChI is InChI=1S/C18H21NO3/c20-16(19-6-8-22-9-7-19)17-11-15(18(21,12-17)13-17)10-14-4-2-1-3-5-14/h1-5,10,21H,6-9,11-13H2/b15-10+. The molecule has 4 heteroatoms. The highest BCUT2D eigenvalue weighted by molar-refractivity contribution is 5.87. The van der Waals surface area contributed by atoms with Gasteiger partial charge in [0.05, 0.1) is 24.2 Å². The number of aliphatic hydroxyl groups is 1. The fraction of sp³-hybridized carbons (Fsp3) is 0.500. The second-order valence-electron chi connectivity index (χ2n) is 6.83. The summed E-state index contributed by atoms with van der Waals surface area (Å²) in [4.78, 5) is 14.7. The predicted octanol–water partition coefficient (Wildman–Crippen LogP) is 1.84. The van der Waals surface area contributed by atoms with Crippen molar-refractivity contribution in [1.82, 2.24) is 4.90 Å². The number of carbonyl (C=O) groups excluding carboxylic acids is 1. The number of fused-ring (bicyclic) bond motifs is 1. The lowest BCUT2D eigenvalue weighted by Gasteiger charge is -2.45. The molecule has 4 nitrogen and oxygen atoms in total. The molecule has 4 aliphatic rings. The van der Waals surface area contributed by atoms with Crippen molar-refractivity contribution in [2.24, 2.45) is 5.41 Å². The van der Waals surface area contributed by atoms with E-state index >= 15 is 0 Å². The molecule has 1 saturated heterocycles. The fourth-order valence-corrected chi connectivity index (χ4v) is 4.21. The minimum Gasteiger partial charge on any atom is -0.385 e. The minimum atomic E-state index is -0.766. The number of benzene rings is 1. The van der Waals surface area contributed by atoms with Gasteiger partial charge in [0.25, 0.3) is 0 Å². The molecule has 116 valence electrons. The monoisotopic (exact) mass is 299 g/mol. The quantitative estimate of drug-likeness (QED) is 0.906. The normalized spacial score (nSPS) is 35.5. The maximum Gasteiger partial charge on any atom is 0.229 e. The van der Waals surface area contributed by atoms with Gasteiger partial charge in [-0.15, -0.1) is 0 Å². The van der Waals surface area contributed by atoms with E-state index in [1.54, 1.807) is 0 Å². The lowest BCUT2D eigenvalue weighted by atomic mass is 9.66. The Labute approximate surface area is 130 Å². The van der Waals surface area contributed by atoms with Gasteiger partial charge >= 0.3 is 0 Å². The van der Waals surface area contributed by atoms with Gasteiger partial charge in [-0.3, -0.25) is 4.79 Å². The van der Waals surface area contributed by atoms with Crippen LogP contribution >= 0.6 is 0 Å². The van der Waals surface area contributed by atoms with E-state index in [2.05, 4.69) is 6.08 Å². The van der Waals surface area contributed by atoms with Crippen molar-refractivity contribution >= 4 is 12.0 Å². The maximum absolute atomic E-state index is 12.8. The van der Waals surface area contributed by atoms with Crippen LogP contribution in [-0.2, 0) is 9.53 Å². The molecule has 2 bridgehead atoms. The largest absolute Gasteiger partial charge is 0.385 e. The Kier molecular flexibility index (Phi) is 3.13. The van der Waals surface area contributed by atoms with Crippen molar-refractivity contribution in [2.45, 2.75) is 24.9 Å². The molecular formula is C18H21NO3. The van der Waals surface area contributed by atoms with Crippen LogP contribution in [-0.4, -0.2) is 47.8 Å². The van der Waals surface area contributed by atoms with Crippen molar-refractivity contribution in [3.63, 3.8) is 0 Å². The molecule has 1 heterocycles. The molecule has 1 aliphatic heterocycles. The Morgan fingerprint density at radius 3 is 2.55 bits per heavy atom. The van der Waals surface area contributed by atoms with Crippen LogP contribution in [0.15, 0.2) is 35.9 Å². The van der Waals surface area contributed by atoms with E-state index in [-0.39, 0.29) is 11.3 Å². The first-order chi connectivity index (χ1) is 10.6. The zero-order chi connectivity index (χ0) is 15.2. The topological polar surface area (TPSA) is 49.8 Å². The van der Waals surface area contributed by atoms with Crippen LogP contribution in [0.4, 0.5) is 0 Å². The third-order valence-electron chi connectivity index (χ3n) is 5.28. The molecule has 3 aliphatic carbocycles. The molecule has 22 heavy (non-hydrogen) atoms. The highest BCUT2D eigenvalue weighted by atomic mass is 16.5. The molecule has 0 spiro atoms. The van der Waals surface area contributed by atoms with Gasteiger partial charge in [-0.1, -0.05) is 36.4 Å². The van der Waals surface area contributed by atoms with Crippen LogP contribution in [0, 0.1) is 5.41 Å². The summed E-state index contributed by atoms with van der Waals surface area (Å²) in [6.07, 6.45) is 3.90. The van der Waals surface area contributed by atoms with Gasteiger partial charge in [-0.05, 0) is 30.4 Å². The number of rotatable bonds is 2. The summed E-state index contributed by atoms with van der Waals surface area (Å²) in [5.41, 5.74) is 0.970. The lowest BCUT2D eigenvalue weighted by molar-refractivity contribution is -0.159. The first kappa shape index (κ1) is 14.0. The Bertz CT molecular complexity index is 610. The molecule has 0 aromatic heterocycles. The smallest absolute Gasteiger partial charge is 0.229 e. The molecule has 0 unspecified atom stereocenters. The van der Waals surface area contributed by atoms with Gasteiger partial charge < -0.3 is 14.7 Å². The minimum absolute atomic E-state index is 0.205. The third-order valence-corrected chi connectivity index (χ3v) is 5.28. The van der Waals surface area contributed by atoms with E-state index in [9.17, 15) is 9.90 Å². The molecule has 5 rings (SSSR count). The number of hydrogen-bond donors (Lipinski definition) is 1. The summed E-state index contributed by atoms with van der Waals surface area (Å²) < 4.78 is 5.32. The molecule has 3 saturated carbocycles. The van der Waals surface area contributed by atoms with Crippen LogP contribution in [0.25, 0.3) is 6.08 Å².